The number of phenols is 1. The summed E-state index contributed by atoms with van der Waals surface area (Å²) < 4.78 is 0. The first-order valence-electron chi connectivity index (χ1n) is 7.16. The standard InChI is InChI=1S/C18H16N2O3/c1-10-7-13-14(8-11(10)2)20-18(23)15(19-13)9-17(22)12-5-3-4-6-16(12)21/h3-9,21-22H,1-2H3,(H,20,23)/b17-9-. The average molecular weight is 308 g/mol. The van der Waals surface area contributed by atoms with Crippen molar-refractivity contribution < 1.29 is 10.2 Å². The monoisotopic (exact) mass is 308 g/mol. The van der Waals surface area contributed by atoms with E-state index in [1.807, 2.05) is 26.0 Å². The minimum absolute atomic E-state index is 0.0649. The molecule has 3 N–H and O–H groups in total. The number of aromatic nitrogens is 2. The number of aliphatic hydroxyl groups excluding tert-OH is 1. The summed E-state index contributed by atoms with van der Waals surface area (Å²) in [5.41, 5.74) is 3.35. The van der Waals surface area contributed by atoms with Crippen molar-refractivity contribution in [2.45, 2.75) is 13.8 Å². The van der Waals surface area contributed by atoms with Gasteiger partial charge in [-0.05, 0) is 49.2 Å². The number of nitrogens with one attached hydrogen (secondary N) is 1. The highest BCUT2D eigenvalue weighted by molar-refractivity contribution is 5.81. The molecule has 0 unspecified atom stereocenters. The van der Waals surface area contributed by atoms with Crippen LogP contribution in [-0.4, -0.2) is 20.2 Å². The van der Waals surface area contributed by atoms with Crippen molar-refractivity contribution in [2.75, 3.05) is 0 Å². The number of aromatic amines is 1. The van der Waals surface area contributed by atoms with Crippen LogP contribution in [0.2, 0.25) is 0 Å². The number of rotatable bonds is 2. The fraction of sp³-hybridized carbons (Fsp3) is 0.111. The summed E-state index contributed by atoms with van der Waals surface area (Å²) in [4.78, 5) is 19.2. The van der Waals surface area contributed by atoms with Gasteiger partial charge in [-0.25, -0.2) is 4.98 Å². The Labute approximate surface area is 132 Å². The number of H-pyrrole nitrogens is 1. The van der Waals surface area contributed by atoms with Crippen LogP contribution in [0.15, 0.2) is 41.2 Å². The van der Waals surface area contributed by atoms with Crippen molar-refractivity contribution in [1.82, 2.24) is 9.97 Å². The topological polar surface area (TPSA) is 86.2 Å². The van der Waals surface area contributed by atoms with Crippen LogP contribution in [0.4, 0.5) is 0 Å². The van der Waals surface area contributed by atoms with E-state index in [0.717, 1.165) is 11.1 Å². The molecule has 0 bridgehead atoms. The van der Waals surface area contributed by atoms with Gasteiger partial charge in [-0.2, -0.15) is 0 Å². The SMILES string of the molecule is Cc1cc2nc(/C=C(\O)c3ccccc3O)c(=O)[nH]c2cc1C. The van der Waals surface area contributed by atoms with Gasteiger partial charge in [0.1, 0.15) is 17.2 Å². The van der Waals surface area contributed by atoms with Crippen LogP contribution < -0.4 is 5.56 Å². The van der Waals surface area contributed by atoms with Crippen LogP contribution >= 0.6 is 0 Å². The maximum absolute atomic E-state index is 12.1. The molecule has 1 aromatic heterocycles. The van der Waals surface area contributed by atoms with E-state index >= 15 is 0 Å². The fourth-order valence-corrected chi connectivity index (χ4v) is 2.36. The summed E-state index contributed by atoms with van der Waals surface area (Å²) in [5, 5.41) is 19.9. The number of para-hydroxylation sites is 1. The van der Waals surface area contributed by atoms with Gasteiger partial charge in [0.05, 0.1) is 16.6 Å². The number of phenolic OH excluding ortho intramolecular Hbond substituents is 1. The number of benzene rings is 2. The third kappa shape index (κ3) is 2.81. The predicted molar refractivity (Wildman–Crippen MR) is 90.4 cm³/mol. The van der Waals surface area contributed by atoms with Gasteiger partial charge in [-0.15, -0.1) is 0 Å². The summed E-state index contributed by atoms with van der Waals surface area (Å²) in [7, 11) is 0. The molecule has 0 atom stereocenters. The maximum Gasteiger partial charge on any atom is 0.274 e. The Balaban J connectivity index is 2.15. The Kier molecular flexibility index (Phi) is 3.62. The first kappa shape index (κ1) is 14.8. The molecule has 3 aromatic rings. The smallest absolute Gasteiger partial charge is 0.274 e. The second-order valence-electron chi connectivity index (χ2n) is 5.45. The first-order chi connectivity index (χ1) is 11.0. The highest BCUT2D eigenvalue weighted by Crippen LogP contribution is 2.24. The van der Waals surface area contributed by atoms with Crippen molar-refractivity contribution >= 4 is 22.9 Å². The van der Waals surface area contributed by atoms with Gasteiger partial charge in [-0.1, -0.05) is 12.1 Å². The van der Waals surface area contributed by atoms with Crippen LogP contribution in [0.1, 0.15) is 22.4 Å². The number of hydrogen-bond donors (Lipinski definition) is 3. The number of hydrogen-bond acceptors (Lipinski definition) is 4. The molecule has 0 saturated carbocycles. The van der Waals surface area contributed by atoms with Gasteiger partial charge in [0.2, 0.25) is 0 Å². The highest BCUT2D eigenvalue weighted by atomic mass is 16.3. The molecule has 0 fully saturated rings. The number of aryl methyl sites for hydroxylation is 2. The largest absolute Gasteiger partial charge is 0.507 e. The molecule has 0 amide bonds. The number of nitrogens with zero attached hydrogens (tertiary/aromatic N) is 1. The predicted octanol–water partition coefficient (Wildman–Crippen LogP) is 3.30. The van der Waals surface area contributed by atoms with Crippen molar-refractivity contribution in [2.24, 2.45) is 0 Å². The van der Waals surface area contributed by atoms with E-state index < -0.39 is 5.56 Å². The quantitative estimate of drug-likeness (QED) is 0.634. The second kappa shape index (κ2) is 5.61. The van der Waals surface area contributed by atoms with E-state index in [1.165, 1.54) is 12.1 Å². The Hall–Kier alpha value is -3.08. The third-order valence-corrected chi connectivity index (χ3v) is 3.79. The molecule has 1 heterocycles. The molecule has 5 nitrogen and oxygen atoms in total. The molecular formula is C18H16N2O3. The average Bonchev–Trinajstić information content (AvgIpc) is 2.50. The Bertz CT molecular complexity index is 987. The van der Waals surface area contributed by atoms with Crippen LogP contribution in [-0.2, 0) is 0 Å². The van der Waals surface area contributed by atoms with Crippen LogP contribution in [0, 0.1) is 13.8 Å². The molecule has 2 aromatic carbocycles. The van der Waals surface area contributed by atoms with Gasteiger partial charge >= 0.3 is 0 Å². The normalized spacial score (nSPS) is 11.8. The molecule has 5 heteroatoms. The molecule has 0 aliphatic carbocycles. The molecule has 3 rings (SSSR count). The Morgan fingerprint density at radius 1 is 1.17 bits per heavy atom. The summed E-state index contributed by atoms with van der Waals surface area (Å²) in [6.45, 7) is 3.93. The molecule has 0 radical (unpaired) electrons. The lowest BCUT2D eigenvalue weighted by molar-refractivity contribution is 0.461. The number of aliphatic hydroxyl groups is 1. The maximum atomic E-state index is 12.1. The van der Waals surface area contributed by atoms with Gasteiger partial charge in [0.15, 0.2) is 0 Å². The fourth-order valence-electron chi connectivity index (χ4n) is 2.36. The highest BCUT2D eigenvalue weighted by Gasteiger charge is 2.09. The van der Waals surface area contributed by atoms with Gasteiger partial charge in [0, 0.05) is 6.08 Å². The zero-order chi connectivity index (χ0) is 16.6. The lowest BCUT2D eigenvalue weighted by Crippen LogP contribution is -2.12. The van der Waals surface area contributed by atoms with E-state index in [-0.39, 0.29) is 22.8 Å². The molecular weight excluding hydrogens is 292 g/mol. The van der Waals surface area contributed by atoms with Gasteiger partial charge < -0.3 is 15.2 Å². The minimum atomic E-state index is -0.400. The summed E-state index contributed by atoms with van der Waals surface area (Å²) in [5.74, 6) is -0.283. The van der Waals surface area contributed by atoms with Gasteiger partial charge in [-0.3, -0.25) is 4.79 Å². The molecule has 0 spiro atoms. The lowest BCUT2D eigenvalue weighted by Gasteiger charge is -2.05. The van der Waals surface area contributed by atoms with E-state index in [4.69, 9.17) is 0 Å². The minimum Gasteiger partial charge on any atom is -0.507 e. The van der Waals surface area contributed by atoms with E-state index in [1.54, 1.807) is 18.2 Å². The summed E-state index contributed by atoms with van der Waals surface area (Å²) in [6, 6.07) is 10.1. The number of aromatic hydroxyl groups is 1. The molecule has 0 aliphatic rings. The van der Waals surface area contributed by atoms with Crippen LogP contribution in [0.5, 0.6) is 5.75 Å². The van der Waals surface area contributed by atoms with Crippen molar-refractivity contribution in [3.05, 3.63) is 69.1 Å². The van der Waals surface area contributed by atoms with Crippen molar-refractivity contribution in [1.29, 1.82) is 0 Å². The first-order valence-corrected chi connectivity index (χ1v) is 7.16. The summed E-state index contributed by atoms with van der Waals surface area (Å²) >= 11 is 0. The van der Waals surface area contributed by atoms with Crippen molar-refractivity contribution in [3.63, 3.8) is 0 Å². The Morgan fingerprint density at radius 2 is 1.87 bits per heavy atom. The molecule has 23 heavy (non-hydrogen) atoms. The third-order valence-electron chi connectivity index (χ3n) is 3.79. The molecule has 0 aliphatic heterocycles. The molecule has 0 saturated heterocycles. The zero-order valence-corrected chi connectivity index (χ0v) is 12.8. The second-order valence-corrected chi connectivity index (χ2v) is 5.45. The lowest BCUT2D eigenvalue weighted by atomic mass is 10.1. The summed E-state index contributed by atoms with van der Waals surface area (Å²) in [6.07, 6.45) is 1.25. The molecule has 116 valence electrons. The number of fused-ring (bicyclic) bond motifs is 1. The Morgan fingerprint density at radius 3 is 2.61 bits per heavy atom. The van der Waals surface area contributed by atoms with E-state index in [0.29, 0.717) is 11.0 Å². The van der Waals surface area contributed by atoms with Gasteiger partial charge in [0.25, 0.3) is 5.56 Å². The van der Waals surface area contributed by atoms with Crippen molar-refractivity contribution in [3.8, 4) is 5.75 Å². The van der Waals surface area contributed by atoms with Crippen LogP contribution in [0.25, 0.3) is 22.9 Å². The van der Waals surface area contributed by atoms with E-state index in [2.05, 4.69) is 9.97 Å². The van der Waals surface area contributed by atoms with E-state index in [9.17, 15) is 15.0 Å². The van der Waals surface area contributed by atoms with Crippen LogP contribution in [0.3, 0.4) is 0 Å². The zero-order valence-electron chi connectivity index (χ0n) is 12.8.